The molecule has 0 atom stereocenters. The zero-order chi connectivity index (χ0) is 21.7. The molecule has 164 valence electrons. The number of hydrogen-bond acceptors (Lipinski definition) is 1. The average Bonchev–Trinajstić information content (AvgIpc) is 3.23. The molecule has 2 aliphatic carbocycles. The standard InChI is InChI=1S/C28H46S/c1-9-25(10-2)18-27(13-5,14-6)22-20(25)17-21-23(24(22)29)28(15-7,16-8)19-26(21,11-3)12-4/h17,29H,9-16,18-19H2,1-8H3. The normalized spacial score (nSPS) is 22.5. The maximum atomic E-state index is 5.44. The van der Waals surface area contributed by atoms with Crippen LogP contribution in [0, 0.1) is 0 Å². The monoisotopic (exact) mass is 414 g/mol. The van der Waals surface area contributed by atoms with Crippen LogP contribution in [0.2, 0.25) is 0 Å². The van der Waals surface area contributed by atoms with Crippen molar-refractivity contribution in [2.24, 2.45) is 0 Å². The predicted octanol–water partition coefficient (Wildman–Crippen LogP) is 9.01. The van der Waals surface area contributed by atoms with Crippen LogP contribution in [-0.2, 0) is 21.7 Å². The number of fused-ring (bicyclic) bond motifs is 2. The van der Waals surface area contributed by atoms with E-state index in [1.54, 1.807) is 22.3 Å². The Morgan fingerprint density at radius 3 is 1.07 bits per heavy atom. The Balaban J connectivity index is 2.46. The Morgan fingerprint density at radius 1 is 0.552 bits per heavy atom. The zero-order valence-electron chi connectivity index (χ0n) is 20.6. The number of benzene rings is 1. The van der Waals surface area contributed by atoms with Gasteiger partial charge in [-0.3, -0.25) is 0 Å². The summed E-state index contributed by atoms with van der Waals surface area (Å²) in [5.41, 5.74) is 7.98. The van der Waals surface area contributed by atoms with Crippen LogP contribution in [0.4, 0.5) is 0 Å². The van der Waals surface area contributed by atoms with Gasteiger partial charge in [-0.15, -0.1) is 12.6 Å². The maximum absolute atomic E-state index is 5.44. The number of hydrogen-bond donors (Lipinski definition) is 1. The molecular weight excluding hydrogens is 368 g/mol. The highest BCUT2D eigenvalue weighted by molar-refractivity contribution is 7.80. The quantitative estimate of drug-likeness (QED) is 0.403. The van der Waals surface area contributed by atoms with Crippen molar-refractivity contribution in [1.29, 1.82) is 0 Å². The summed E-state index contributed by atoms with van der Waals surface area (Å²) in [6.07, 6.45) is 12.6. The minimum atomic E-state index is 0.310. The van der Waals surface area contributed by atoms with Gasteiger partial charge in [-0.05, 0) is 108 Å². The molecule has 0 saturated heterocycles. The first-order valence-electron chi connectivity index (χ1n) is 12.7. The van der Waals surface area contributed by atoms with E-state index in [1.807, 2.05) is 0 Å². The van der Waals surface area contributed by atoms with Crippen molar-refractivity contribution in [3.05, 3.63) is 28.3 Å². The van der Waals surface area contributed by atoms with E-state index in [4.69, 9.17) is 12.6 Å². The molecule has 1 aromatic rings. The van der Waals surface area contributed by atoms with Crippen molar-refractivity contribution < 1.29 is 0 Å². The molecule has 0 amide bonds. The van der Waals surface area contributed by atoms with Gasteiger partial charge < -0.3 is 0 Å². The number of thiol groups is 1. The largest absolute Gasteiger partial charge is 0.143 e. The van der Waals surface area contributed by atoms with Crippen LogP contribution in [0.15, 0.2) is 11.0 Å². The van der Waals surface area contributed by atoms with E-state index in [1.165, 1.54) is 69.1 Å². The lowest BCUT2D eigenvalue weighted by molar-refractivity contribution is 0.275. The molecule has 2 aliphatic rings. The van der Waals surface area contributed by atoms with Crippen molar-refractivity contribution in [1.82, 2.24) is 0 Å². The van der Waals surface area contributed by atoms with Gasteiger partial charge in [0, 0.05) is 4.90 Å². The third-order valence-corrected chi connectivity index (χ3v) is 10.7. The third-order valence-electron chi connectivity index (χ3n) is 10.3. The fourth-order valence-corrected chi connectivity index (χ4v) is 8.43. The highest BCUT2D eigenvalue weighted by Gasteiger charge is 2.55. The maximum Gasteiger partial charge on any atom is 0.0121 e. The van der Waals surface area contributed by atoms with Crippen LogP contribution < -0.4 is 0 Å². The van der Waals surface area contributed by atoms with E-state index in [-0.39, 0.29) is 0 Å². The van der Waals surface area contributed by atoms with E-state index in [2.05, 4.69) is 61.5 Å². The van der Waals surface area contributed by atoms with E-state index >= 15 is 0 Å². The van der Waals surface area contributed by atoms with Crippen LogP contribution in [0.1, 0.15) is 142 Å². The molecule has 0 aliphatic heterocycles. The van der Waals surface area contributed by atoms with Crippen LogP contribution in [0.5, 0.6) is 0 Å². The molecule has 1 heteroatoms. The summed E-state index contributed by atoms with van der Waals surface area (Å²) in [7, 11) is 0. The summed E-state index contributed by atoms with van der Waals surface area (Å²) >= 11 is 5.44. The van der Waals surface area contributed by atoms with E-state index in [0.29, 0.717) is 21.7 Å². The smallest absolute Gasteiger partial charge is 0.0121 e. The Morgan fingerprint density at radius 2 is 0.828 bits per heavy atom. The second-order valence-corrected chi connectivity index (χ2v) is 10.8. The van der Waals surface area contributed by atoms with Crippen molar-refractivity contribution in [3.63, 3.8) is 0 Å². The van der Waals surface area contributed by atoms with E-state index in [9.17, 15) is 0 Å². The summed E-state index contributed by atoms with van der Waals surface area (Å²) < 4.78 is 0. The van der Waals surface area contributed by atoms with Gasteiger partial charge in [0.2, 0.25) is 0 Å². The minimum absolute atomic E-state index is 0.310. The van der Waals surface area contributed by atoms with Crippen LogP contribution in [-0.4, -0.2) is 0 Å². The lowest BCUT2D eigenvalue weighted by atomic mass is 9.70. The average molecular weight is 415 g/mol. The first-order chi connectivity index (χ1) is 13.8. The Kier molecular flexibility index (Phi) is 6.35. The molecule has 29 heavy (non-hydrogen) atoms. The molecule has 0 bridgehead atoms. The van der Waals surface area contributed by atoms with Crippen molar-refractivity contribution in [3.8, 4) is 0 Å². The molecule has 0 N–H and O–H groups in total. The fourth-order valence-electron chi connectivity index (χ4n) is 7.71. The van der Waals surface area contributed by atoms with Gasteiger partial charge in [0.1, 0.15) is 0 Å². The van der Waals surface area contributed by atoms with Crippen molar-refractivity contribution in [2.45, 2.75) is 146 Å². The van der Waals surface area contributed by atoms with Crippen molar-refractivity contribution >= 4 is 12.6 Å². The molecule has 0 heterocycles. The topological polar surface area (TPSA) is 0 Å². The van der Waals surface area contributed by atoms with Crippen molar-refractivity contribution in [2.75, 3.05) is 0 Å². The lowest BCUT2D eigenvalue weighted by Gasteiger charge is -2.35. The van der Waals surface area contributed by atoms with Crippen LogP contribution in [0.25, 0.3) is 0 Å². The molecule has 0 nitrogen and oxygen atoms in total. The van der Waals surface area contributed by atoms with Gasteiger partial charge in [0.25, 0.3) is 0 Å². The van der Waals surface area contributed by atoms with Gasteiger partial charge in [0.05, 0.1) is 0 Å². The summed E-state index contributed by atoms with van der Waals surface area (Å²) in [5.74, 6) is 0. The molecule has 0 fully saturated rings. The molecule has 0 spiro atoms. The zero-order valence-corrected chi connectivity index (χ0v) is 21.5. The van der Waals surface area contributed by atoms with Gasteiger partial charge in [-0.2, -0.15) is 0 Å². The van der Waals surface area contributed by atoms with E-state index < -0.39 is 0 Å². The molecule has 0 unspecified atom stereocenters. The predicted molar refractivity (Wildman–Crippen MR) is 132 cm³/mol. The molecular formula is C28H46S. The summed E-state index contributed by atoms with van der Waals surface area (Å²) in [4.78, 5) is 1.40. The Hall–Kier alpha value is -0.430. The Bertz CT molecular complexity index is 680. The number of rotatable bonds is 8. The Labute approximate surface area is 187 Å². The SMILES string of the molecule is CCC1(CC)CC(CC)(CC)c2c1cc1c(c2S)C(CC)(CC)CC1(CC)CC. The van der Waals surface area contributed by atoms with Gasteiger partial charge in [0.15, 0.2) is 0 Å². The summed E-state index contributed by atoms with van der Waals surface area (Å²) in [6.45, 7) is 19.4. The first-order valence-corrected chi connectivity index (χ1v) is 13.1. The van der Waals surface area contributed by atoms with Gasteiger partial charge in [-0.1, -0.05) is 61.5 Å². The summed E-state index contributed by atoms with van der Waals surface area (Å²) in [5, 5.41) is 0. The van der Waals surface area contributed by atoms with Crippen LogP contribution in [0.3, 0.4) is 0 Å². The molecule has 1 aromatic carbocycles. The minimum Gasteiger partial charge on any atom is -0.143 e. The van der Waals surface area contributed by atoms with E-state index in [0.717, 1.165) is 0 Å². The molecule has 0 aromatic heterocycles. The highest BCUT2D eigenvalue weighted by atomic mass is 32.1. The van der Waals surface area contributed by atoms with Gasteiger partial charge in [-0.25, -0.2) is 0 Å². The fraction of sp³-hybridized carbons (Fsp3) is 0.786. The second-order valence-electron chi connectivity index (χ2n) is 10.4. The second kappa shape index (κ2) is 7.92. The highest BCUT2D eigenvalue weighted by Crippen LogP contribution is 2.64. The van der Waals surface area contributed by atoms with Crippen LogP contribution >= 0.6 is 12.6 Å². The molecule has 0 saturated carbocycles. The molecule has 0 radical (unpaired) electrons. The third kappa shape index (κ3) is 2.85. The molecule has 3 rings (SSSR count). The van der Waals surface area contributed by atoms with Gasteiger partial charge >= 0.3 is 0 Å². The first kappa shape index (κ1) is 23.2. The summed E-state index contributed by atoms with van der Waals surface area (Å²) in [6, 6.07) is 2.74. The lowest BCUT2D eigenvalue weighted by Crippen LogP contribution is -2.29.